The zero-order chi connectivity index (χ0) is 24.0. The monoisotopic (exact) mass is 461 g/mol. The number of anilines is 1. The second-order valence-corrected chi connectivity index (χ2v) is 9.32. The van der Waals surface area contributed by atoms with Crippen molar-refractivity contribution in [2.75, 3.05) is 11.5 Å². The van der Waals surface area contributed by atoms with Gasteiger partial charge in [0.1, 0.15) is 11.4 Å². The molecule has 2 aromatic carbocycles. The molecule has 34 heavy (non-hydrogen) atoms. The van der Waals surface area contributed by atoms with E-state index in [-0.39, 0.29) is 18.5 Å². The van der Waals surface area contributed by atoms with E-state index in [0.717, 1.165) is 45.7 Å². The highest BCUT2D eigenvalue weighted by Gasteiger charge is 2.43. The predicted octanol–water partition coefficient (Wildman–Crippen LogP) is 5.35. The smallest absolute Gasteiger partial charge is 0.280 e. The molecule has 2 aromatic heterocycles. The van der Waals surface area contributed by atoms with Crippen LogP contribution in [0.1, 0.15) is 60.5 Å². The SMILES string of the molecule is CCCOc1ccc(C2c3c(nn(CC(C)(C)F)c3C)C(=O)N2c2ccc3nc[nH]c3c2)cc1. The van der Waals surface area contributed by atoms with Crippen molar-refractivity contribution in [3.05, 3.63) is 71.3 Å². The number of hydrogen-bond acceptors (Lipinski definition) is 4. The van der Waals surface area contributed by atoms with E-state index < -0.39 is 5.67 Å². The molecule has 1 aliphatic rings. The van der Waals surface area contributed by atoms with Crippen molar-refractivity contribution < 1.29 is 13.9 Å². The number of nitrogens with zero attached hydrogens (tertiary/aromatic N) is 4. The van der Waals surface area contributed by atoms with Crippen LogP contribution in [-0.4, -0.2) is 37.9 Å². The van der Waals surface area contributed by atoms with Crippen LogP contribution in [0.15, 0.2) is 48.8 Å². The molecule has 1 unspecified atom stereocenters. The summed E-state index contributed by atoms with van der Waals surface area (Å²) in [5.41, 5.74) is 3.86. The molecule has 5 rings (SSSR count). The van der Waals surface area contributed by atoms with Gasteiger partial charge in [0.2, 0.25) is 0 Å². The molecule has 0 fully saturated rings. The van der Waals surface area contributed by atoms with Gasteiger partial charge in [-0.3, -0.25) is 14.4 Å². The number of carbonyl (C=O) groups excluding carboxylic acids is 1. The number of rotatable bonds is 7. The summed E-state index contributed by atoms with van der Waals surface area (Å²) in [5.74, 6) is 0.580. The van der Waals surface area contributed by atoms with Gasteiger partial charge in [0.05, 0.1) is 36.6 Å². The number of amides is 1. The number of fused-ring (bicyclic) bond motifs is 2. The average molecular weight is 462 g/mol. The summed E-state index contributed by atoms with van der Waals surface area (Å²) in [7, 11) is 0. The molecule has 1 amide bonds. The van der Waals surface area contributed by atoms with Crippen LogP contribution >= 0.6 is 0 Å². The third-order valence-corrected chi connectivity index (χ3v) is 6.08. The number of aromatic nitrogens is 4. The Kier molecular flexibility index (Phi) is 5.38. The number of hydrogen-bond donors (Lipinski definition) is 1. The van der Waals surface area contributed by atoms with Crippen LogP contribution in [0.2, 0.25) is 0 Å². The van der Waals surface area contributed by atoms with E-state index in [1.807, 2.05) is 49.4 Å². The number of aromatic amines is 1. The summed E-state index contributed by atoms with van der Waals surface area (Å²) in [6.07, 6.45) is 2.56. The van der Waals surface area contributed by atoms with Gasteiger partial charge in [0, 0.05) is 16.9 Å². The van der Waals surface area contributed by atoms with Gasteiger partial charge < -0.3 is 9.72 Å². The maximum Gasteiger partial charge on any atom is 0.280 e. The number of benzene rings is 2. The van der Waals surface area contributed by atoms with Crippen LogP contribution in [0.4, 0.5) is 10.1 Å². The fourth-order valence-electron chi connectivity index (χ4n) is 4.54. The summed E-state index contributed by atoms with van der Waals surface area (Å²) in [6.45, 7) is 7.72. The average Bonchev–Trinajstić information content (AvgIpc) is 3.46. The van der Waals surface area contributed by atoms with Crippen LogP contribution < -0.4 is 9.64 Å². The van der Waals surface area contributed by atoms with Gasteiger partial charge in [-0.1, -0.05) is 19.1 Å². The summed E-state index contributed by atoms with van der Waals surface area (Å²) in [4.78, 5) is 22.9. The molecule has 8 heteroatoms. The van der Waals surface area contributed by atoms with E-state index in [2.05, 4.69) is 22.0 Å². The van der Waals surface area contributed by atoms with Crippen LogP contribution in [0, 0.1) is 6.92 Å². The molecule has 7 nitrogen and oxygen atoms in total. The Morgan fingerprint density at radius 3 is 2.65 bits per heavy atom. The Morgan fingerprint density at radius 2 is 1.94 bits per heavy atom. The molecule has 1 aliphatic heterocycles. The molecule has 0 saturated carbocycles. The minimum atomic E-state index is -1.45. The van der Waals surface area contributed by atoms with Crippen LogP contribution in [0.5, 0.6) is 5.75 Å². The number of alkyl halides is 1. The third kappa shape index (κ3) is 3.83. The third-order valence-electron chi connectivity index (χ3n) is 6.08. The van der Waals surface area contributed by atoms with Crippen molar-refractivity contribution in [2.45, 2.75) is 52.4 Å². The van der Waals surface area contributed by atoms with Crippen LogP contribution in [0.25, 0.3) is 11.0 Å². The van der Waals surface area contributed by atoms with Crippen molar-refractivity contribution in [2.24, 2.45) is 0 Å². The molecular weight excluding hydrogens is 433 g/mol. The van der Waals surface area contributed by atoms with E-state index in [1.54, 1.807) is 15.9 Å². The Labute approximate surface area is 197 Å². The number of halogens is 1. The molecule has 0 aliphatic carbocycles. The summed E-state index contributed by atoms with van der Waals surface area (Å²) >= 11 is 0. The minimum absolute atomic E-state index is 0.0791. The van der Waals surface area contributed by atoms with Crippen LogP contribution in [-0.2, 0) is 6.54 Å². The van der Waals surface area contributed by atoms with Crippen molar-refractivity contribution in [1.82, 2.24) is 19.7 Å². The lowest BCUT2D eigenvalue weighted by atomic mass is 9.98. The fraction of sp³-hybridized carbons (Fsp3) is 0.346. The Bertz CT molecular complexity index is 1350. The fourth-order valence-corrected chi connectivity index (χ4v) is 4.54. The lowest BCUT2D eigenvalue weighted by Gasteiger charge is -2.27. The summed E-state index contributed by atoms with van der Waals surface area (Å²) in [6, 6.07) is 13.1. The first kappa shape index (κ1) is 22.1. The number of ether oxygens (including phenoxy) is 1. The number of carbonyl (C=O) groups is 1. The molecule has 1 atom stereocenters. The predicted molar refractivity (Wildman–Crippen MR) is 129 cm³/mol. The Morgan fingerprint density at radius 1 is 1.18 bits per heavy atom. The van der Waals surface area contributed by atoms with Gasteiger partial charge in [-0.15, -0.1) is 0 Å². The largest absolute Gasteiger partial charge is 0.494 e. The van der Waals surface area contributed by atoms with Crippen molar-refractivity contribution in [3.63, 3.8) is 0 Å². The van der Waals surface area contributed by atoms with E-state index in [0.29, 0.717) is 12.3 Å². The molecule has 0 radical (unpaired) electrons. The lowest BCUT2D eigenvalue weighted by Crippen LogP contribution is -2.31. The molecule has 3 heterocycles. The molecule has 176 valence electrons. The zero-order valence-corrected chi connectivity index (χ0v) is 19.8. The number of imidazole rings is 1. The molecule has 0 saturated heterocycles. The maximum absolute atomic E-state index is 14.5. The van der Waals surface area contributed by atoms with Crippen molar-refractivity contribution in [3.8, 4) is 5.75 Å². The standard InChI is InChI=1S/C26H28FN5O2/c1-5-12-34-19-9-6-17(7-10-19)24-22-16(2)31(14-26(3,4)27)30-23(22)25(33)32(24)18-8-11-20-21(13-18)29-15-28-20/h6-11,13,15,24H,5,12,14H2,1-4H3,(H,28,29). The Hall–Kier alpha value is -3.68. The van der Waals surface area contributed by atoms with E-state index >= 15 is 0 Å². The van der Waals surface area contributed by atoms with Gasteiger partial charge in [0.15, 0.2) is 5.69 Å². The lowest BCUT2D eigenvalue weighted by molar-refractivity contribution is 0.0985. The number of H-pyrrole nitrogens is 1. The van der Waals surface area contributed by atoms with Gasteiger partial charge in [0.25, 0.3) is 5.91 Å². The Balaban J connectivity index is 1.62. The topological polar surface area (TPSA) is 76.0 Å². The van der Waals surface area contributed by atoms with E-state index in [1.165, 1.54) is 13.8 Å². The first-order valence-corrected chi connectivity index (χ1v) is 11.5. The minimum Gasteiger partial charge on any atom is -0.494 e. The zero-order valence-electron chi connectivity index (χ0n) is 19.8. The van der Waals surface area contributed by atoms with E-state index in [4.69, 9.17) is 4.74 Å². The molecule has 4 aromatic rings. The van der Waals surface area contributed by atoms with Gasteiger partial charge in [-0.2, -0.15) is 5.10 Å². The summed E-state index contributed by atoms with van der Waals surface area (Å²) in [5, 5.41) is 4.56. The van der Waals surface area contributed by atoms with Gasteiger partial charge >= 0.3 is 0 Å². The molecular formula is C26H28FN5O2. The molecule has 1 N–H and O–H groups in total. The normalized spacial score (nSPS) is 15.9. The van der Waals surface area contributed by atoms with Gasteiger partial charge in [-0.25, -0.2) is 9.37 Å². The quantitative estimate of drug-likeness (QED) is 0.402. The second kappa shape index (κ2) is 8.27. The van der Waals surface area contributed by atoms with Gasteiger partial charge in [-0.05, 0) is 63.1 Å². The molecule has 0 spiro atoms. The maximum atomic E-state index is 14.5. The highest BCUT2D eigenvalue weighted by atomic mass is 19.1. The highest BCUT2D eigenvalue weighted by Crippen LogP contribution is 2.43. The first-order chi connectivity index (χ1) is 16.3. The molecule has 0 bridgehead atoms. The van der Waals surface area contributed by atoms with Crippen molar-refractivity contribution in [1.29, 1.82) is 0 Å². The van der Waals surface area contributed by atoms with Crippen LogP contribution in [0.3, 0.4) is 0 Å². The number of nitrogens with one attached hydrogen (secondary N) is 1. The second-order valence-electron chi connectivity index (χ2n) is 9.32. The van der Waals surface area contributed by atoms with E-state index in [9.17, 15) is 9.18 Å². The van der Waals surface area contributed by atoms with Crippen molar-refractivity contribution >= 4 is 22.6 Å². The first-order valence-electron chi connectivity index (χ1n) is 11.5. The highest BCUT2D eigenvalue weighted by molar-refractivity contribution is 6.11. The summed E-state index contributed by atoms with van der Waals surface area (Å²) < 4.78 is 21.8.